The third-order valence-corrected chi connectivity index (χ3v) is 3.27. The van der Waals surface area contributed by atoms with Gasteiger partial charge in [-0.2, -0.15) is 0 Å². The molecule has 66 valence electrons. The van der Waals surface area contributed by atoms with Gasteiger partial charge in [0, 0.05) is 0 Å². The Hall–Kier alpha value is -0.450. The normalized spacial score (nSPS) is 10.2. The average Bonchev–Trinajstić information content (AvgIpc) is 2.09. The number of benzene rings is 1. The lowest BCUT2D eigenvalue weighted by Crippen LogP contribution is -1.87. The van der Waals surface area contributed by atoms with Crippen molar-refractivity contribution in [1.29, 1.82) is 0 Å². The first-order chi connectivity index (χ1) is 5.69. The van der Waals surface area contributed by atoms with Gasteiger partial charge in [0.05, 0.1) is 3.57 Å². The fourth-order valence-corrected chi connectivity index (χ4v) is 2.16. The van der Waals surface area contributed by atoms with Crippen molar-refractivity contribution in [1.82, 2.24) is 0 Å². The molecule has 0 heterocycles. The largest absolute Gasteiger partial charge is 0.504 e. The van der Waals surface area contributed by atoms with Crippen LogP contribution < -0.4 is 0 Å². The molecule has 0 fully saturated rings. The first kappa shape index (κ1) is 9.64. The monoisotopic (exact) mass is 280 g/mol. The molecule has 3 heteroatoms. The zero-order valence-corrected chi connectivity index (χ0v) is 8.93. The van der Waals surface area contributed by atoms with Crippen molar-refractivity contribution in [2.24, 2.45) is 0 Å². The van der Waals surface area contributed by atoms with E-state index in [0.717, 1.165) is 12.0 Å². The lowest BCUT2D eigenvalue weighted by atomic mass is 10.1. The van der Waals surface area contributed by atoms with Crippen LogP contribution in [0, 0.1) is 9.39 Å². The minimum Gasteiger partial charge on any atom is -0.504 e. The van der Waals surface area contributed by atoms with E-state index in [1.54, 1.807) is 0 Å². The molecule has 0 aliphatic carbocycles. The number of aromatic hydroxyl groups is 1. The van der Waals surface area contributed by atoms with Gasteiger partial charge in [0.1, 0.15) is 0 Å². The average molecular weight is 280 g/mol. The van der Waals surface area contributed by atoms with Crippen molar-refractivity contribution < 1.29 is 9.50 Å². The summed E-state index contributed by atoms with van der Waals surface area (Å²) in [5, 5.41) is 9.23. The maximum absolute atomic E-state index is 13.0. The topological polar surface area (TPSA) is 20.2 Å². The van der Waals surface area contributed by atoms with E-state index in [4.69, 9.17) is 0 Å². The summed E-state index contributed by atoms with van der Waals surface area (Å²) in [4.78, 5) is 0. The summed E-state index contributed by atoms with van der Waals surface area (Å²) in [6.45, 7) is 1.96. The summed E-state index contributed by atoms with van der Waals surface area (Å²) in [7, 11) is 0. The Morgan fingerprint density at radius 3 is 2.75 bits per heavy atom. The molecule has 0 amide bonds. The highest BCUT2D eigenvalue weighted by molar-refractivity contribution is 14.2. The van der Waals surface area contributed by atoms with Crippen LogP contribution in [0.1, 0.15) is 12.5 Å². The molecule has 0 atom stereocenters. The van der Waals surface area contributed by atoms with Crippen molar-refractivity contribution in [3.8, 4) is 5.75 Å². The summed E-state index contributed by atoms with van der Waals surface area (Å²) in [5.74, 6) is -0.734. The van der Waals surface area contributed by atoms with Gasteiger partial charge in [-0.1, -0.05) is 32.2 Å². The number of aryl methyl sites for hydroxylation is 1. The second-order valence-electron chi connectivity index (χ2n) is 2.40. The number of phenols is 1. The smallest absolute Gasteiger partial charge is 0.166 e. The maximum Gasteiger partial charge on any atom is 0.166 e. The van der Waals surface area contributed by atoms with Crippen LogP contribution >= 0.6 is 20.7 Å². The minimum atomic E-state index is -0.521. The van der Waals surface area contributed by atoms with E-state index in [1.165, 1.54) is 6.07 Å². The lowest BCUT2D eigenvalue weighted by molar-refractivity contribution is 0.428. The highest BCUT2D eigenvalue weighted by Gasteiger charge is 2.06. The molecule has 0 spiro atoms. The SMILES string of the molecule is C=Ic1cc(CC)cc(F)c1O. The third kappa shape index (κ3) is 1.83. The fourth-order valence-electron chi connectivity index (χ4n) is 0.924. The van der Waals surface area contributed by atoms with E-state index in [1.807, 2.05) is 13.0 Å². The molecule has 0 aliphatic heterocycles. The van der Waals surface area contributed by atoms with Gasteiger partial charge in [0.15, 0.2) is 11.6 Å². The van der Waals surface area contributed by atoms with Gasteiger partial charge in [-0.15, -0.1) is 0 Å². The van der Waals surface area contributed by atoms with Crippen molar-refractivity contribution in [3.63, 3.8) is 0 Å². The Morgan fingerprint density at radius 2 is 2.25 bits per heavy atom. The minimum absolute atomic E-state index is 0.213. The molecule has 12 heavy (non-hydrogen) atoms. The van der Waals surface area contributed by atoms with Crippen LogP contribution in [0.15, 0.2) is 12.1 Å². The van der Waals surface area contributed by atoms with Crippen LogP contribution in [-0.4, -0.2) is 9.62 Å². The predicted octanol–water partition coefficient (Wildman–Crippen LogP) is 2.67. The van der Waals surface area contributed by atoms with E-state index < -0.39 is 26.5 Å². The molecule has 0 aliphatic rings. The van der Waals surface area contributed by atoms with E-state index in [0.29, 0.717) is 3.57 Å². The summed E-state index contributed by atoms with van der Waals surface area (Å²) < 4.78 is 17.4. The zero-order chi connectivity index (χ0) is 9.14. The van der Waals surface area contributed by atoms with Gasteiger partial charge in [0.25, 0.3) is 0 Å². The summed E-state index contributed by atoms with van der Waals surface area (Å²) in [6, 6.07) is 3.21. The molecule has 1 N–H and O–H groups in total. The van der Waals surface area contributed by atoms with Crippen LogP contribution in [0.4, 0.5) is 4.39 Å². The van der Waals surface area contributed by atoms with Crippen LogP contribution in [-0.2, 0) is 6.42 Å². The molecule has 0 bridgehead atoms. The summed E-state index contributed by atoms with van der Waals surface area (Å²) in [6.07, 6.45) is 0.786. The van der Waals surface area contributed by atoms with Gasteiger partial charge >= 0.3 is 0 Å². The first-order valence-electron chi connectivity index (χ1n) is 3.58. The number of rotatable bonds is 2. The molecule has 0 saturated heterocycles. The van der Waals surface area contributed by atoms with Gasteiger partial charge < -0.3 is 5.11 Å². The van der Waals surface area contributed by atoms with Crippen molar-refractivity contribution in [2.75, 3.05) is 0 Å². The van der Waals surface area contributed by atoms with Gasteiger partial charge in [-0.25, -0.2) is 4.39 Å². The maximum atomic E-state index is 13.0. The first-order valence-corrected chi connectivity index (χ1v) is 6.19. The van der Waals surface area contributed by atoms with Gasteiger partial charge in [-0.05, 0) is 24.1 Å². The summed E-state index contributed by atoms with van der Waals surface area (Å²) in [5.41, 5.74) is 0.920. The van der Waals surface area contributed by atoms with Gasteiger partial charge in [0.2, 0.25) is 0 Å². The second-order valence-corrected chi connectivity index (χ2v) is 4.32. The number of halogens is 2. The summed E-state index contributed by atoms with van der Waals surface area (Å²) >= 11 is -0.492. The van der Waals surface area contributed by atoms with E-state index in [-0.39, 0.29) is 5.75 Å². The fraction of sp³-hybridized carbons (Fsp3) is 0.222. The number of phenolic OH excluding ortho intramolecular Hbond substituents is 1. The van der Waals surface area contributed by atoms with E-state index in [9.17, 15) is 9.50 Å². The molecule has 0 radical (unpaired) electrons. The quantitative estimate of drug-likeness (QED) is 0.826. The standard InChI is InChI=1S/C9H10FIO/c1-3-6-4-7(10)9(12)8(5-6)11-2/h4-5,12H,2-3H2,1H3. The van der Waals surface area contributed by atoms with Crippen LogP contribution in [0.25, 0.3) is 0 Å². The predicted molar refractivity (Wildman–Crippen MR) is 57.3 cm³/mol. The van der Waals surface area contributed by atoms with Crippen LogP contribution in [0.5, 0.6) is 5.75 Å². The zero-order valence-electron chi connectivity index (χ0n) is 6.77. The Labute approximate surface area is 81.0 Å². The van der Waals surface area contributed by atoms with Crippen LogP contribution in [0.3, 0.4) is 0 Å². The van der Waals surface area contributed by atoms with E-state index >= 15 is 0 Å². The Kier molecular flexibility index (Phi) is 3.20. The number of hydrogen-bond donors (Lipinski definition) is 1. The molecular weight excluding hydrogens is 270 g/mol. The van der Waals surface area contributed by atoms with Crippen molar-refractivity contribution >= 4 is 25.2 Å². The van der Waals surface area contributed by atoms with Crippen molar-refractivity contribution in [3.05, 3.63) is 27.1 Å². The molecule has 1 rings (SSSR count). The molecule has 0 aromatic heterocycles. The number of hydrogen-bond acceptors (Lipinski definition) is 1. The van der Waals surface area contributed by atoms with Crippen LogP contribution in [0.2, 0.25) is 0 Å². The highest BCUT2D eigenvalue weighted by atomic mass is 127. The third-order valence-electron chi connectivity index (χ3n) is 1.63. The second kappa shape index (κ2) is 3.98. The Morgan fingerprint density at radius 1 is 1.58 bits per heavy atom. The molecule has 0 saturated carbocycles. The Bertz CT molecular complexity index is 310. The Balaban J connectivity index is 3.28. The van der Waals surface area contributed by atoms with Gasteiger partial charge in [-0.3, -0.25) is 0 Å². The molecule has 1 aromatic rings. The molecule has 1 aromatic carbocycles. The molecule has 0 unspecified atom stereocenters. The lowest BCUT2D eigenvalue weighted by Gasteiger charge is -2.02. The highest BCUT2D eigenvalue weighted by Crippen LogP contribution is 2.26. The van der Waals surface area contributed by atoms with Crippen molar-refractivity contribution in [2.45, 2.75) is 13.3 Å². The van der Waals surface area contributed by atoms with E-state index in [2.05, 4.69) is 4.51 Å². The molecular formula is C9H10FIO. The molecule has 1 nitrogen and oxygen atoms in total.